The minimum atomic E-state index is -0.0268. The summed E-state index contributed by atoms with van der Waals surface area (Å²) in [6.45, 7) is 4.51. The van der Waals surface area contributed by atoms with Crippen molar-refractivity contribution in [2.24, 2.45) is 0 Å². The van der Waals surface area contributed by atoms with Crippen LogP contribution in [0.15, 0.2) is 60.2 Å². The summed E-state index contributed by atoms with van der Waals surface area (Å²) >= 11 is 1.59. The zero-order valence-electron chi connectivity index (χ0n) is 18.0. The van der Waals surface area contributed by atoms with E-state index in [-0.39, 0.29) is 5.91 Å². The first-order chi connectivity index (χ1) is 15.6. The number of aryl methyl sites for hydroxylation is 2. The maximum atomic E-state index is 12.4. The maximum absolute atomic E-state index is 12.4. The molecule has 0 atom stereocenters. The summed E-state index contributed by atoms with van der Waals surface area (Å²) in [6, 6.07) is 13.6. The van der Waals surface area contributed by atoms with Crippen molar-refractivity contribution in [1.82, 2.24) is 19.9 Å². The predicted molar refractivity (Wildman–Crippen MR) is 129 cm³/mol. The fraction of sp³-hybridized carbons (Fsp3) is 0.208. The van der Waals surface area contributed by atoms with Crippen LogP contribution in [-0.2, 0) is 4.79 Å². The number of thiazole rings is 1. The third-order valence-corrected chi connectivity index (χ3v) is 5.61. The predicted octanol–water partition coefficient (Wildman–Crippen LogP) is 5.11. The van der Waals surface area contributed by atoms with Crippen LogP contribution in [0.2, 0.25) is 0 Å². The topological polar surface area (TPSA) is 92.7 Å². The third kappa shape index (κ3) is 5.73. The number of anilines is 2. The van der Waals surface area contributed by atoms with Gasteiger partial charge >= 0.3 is 0 Å². The van der Waals surface area contributed by atoms with E-state index < -0.39 is 0 Å². The van der Waals surface area contributed by atoms with Crippen LogP contribution in [0, 0.1) is 13.8 Å². The number of aromatic nitrogens is 4. The number of amides is 1. The first-order valence-corrected chi connectivity index (χ1v) is 11.3. The second-order valence-corrected chi connectivity index (χ2v) is 8.27. The maximum Gasteiger partial charge on any atom is 0.224 e. The SMILES string of the molecule is Cc1cc(C)nc(NCCCC(=O)Nc2cccc(-c3csc(-c4ccncc4)n3)c2)n1. The quantitative estimate of drug-likeness (QED) is 0.367. The van der Waals surface area contributed by atoms with Gasteiger partial charge < -0.3 is 10.6 Å². The van der Waals surface area contributed by atoms with Crippen LogP contribution in [0.5, 0.6) is 0 Å². The Morgan fingerprint density at radius 1 is 0.969 bits per heavy atom. The second-order valence-electron chi connectivity index (χ2n) is 7.41. The Balaban J connectivity index is 1.31. The van der Waals surface area contributed by atoms with E-state index in [0.717, 1.165) is 38.9 Å². The number of pyridine rings is 1. The molecular weight excluding hydrogens is 420 g/mol. The molecule has 0 saturated carbocycles. The largest absolute Gasteiger partial charge is 0.354 e. The summed E-state index contributed by atoms with van der Waals surface area (Å²) in [5, 5.41) is 9.12. The van der Waals surface area contributed by atoms with Gasteiger partial charge in [-0.3, -0.25) is 9.78 Å². The van der Waals surface area contributed by atoms with Gasteiger partial charge in [0.25, 0.3) is 0 Å². The van der Waals surface area contributed by atoms with Crippen molar-refractivity contribution in [3.8, 4) is 21.8 Å². The van der Waals surface area contributed by atoms with Crippen molar-refractivity contribution < 1.29 is 4.79 Å². The van der Waals surface area contributed by atoms with Gasteiger partial charge in [0.15, 0.2) is 0 Å². The van der Waals surface area contributed by atoms with Gasteiger partial charge in [-0.15, -0.1) is 11.3 Å². The standard InChI is InChI=1S/C24H24N6OS/c1-16-13-17(2)28-24(27-16)26-10-4-7-22(31)29-20-6-3-5-19(14-20)21-15-32-23(30-21)18-8-11-25-12-9-18/h3,5-6,8-9,11-15H,4,7,10H2,1-2H3,(H,29,31)(H,26,27,28). The summed E-state index contributed by atoms with van der Waals surface area (Å²) in [7, 11) is 0. The van der Waals surface area contributed by atoms with Gasteiger partial charge in [0.05, 0.1) is 5.69 Å². The molecule has 4 rings (SSSR count). The highest BCUT2D eigenvalue weighted by atomic mass is 32.1. The molecule has 8 heteroatoms. The minimum Gasteiger partial charge on any atom is -0.354 e. The van der Waals surface area contributed by atoms with E-state index in [9.17, 15) is 4.79 Å². The number of carbonyl (C=O) groups is 1. The Morgan fingerprint density at radius 2 is 1.75 bits per heavy atom. The Labute approximate surface area is 191 Å². The minimum absolute atomic E-state index is 0.0268. The molecule has 0 aliphatic rings. The molecule has 0 aliphatic carbocycles. The van der Waals surface area contributed by atoms with Gasteiger partial charge in [-0.2, -0.15) is 0 Å². The van der Waals surface area contributed by atoms with Crippen molar-refractivity contribution >= 4 is 28.9 Å². The molecule has 32 heavy (non-hydrogen) atoms. The smallest absolute Gasteiger partial charge is 0.224 e. The number of nitrogens with zero attached hydrogens (tertiary/aromatic N) is 4. The third-order valence-electron chi connectivity index (χ3n) is 4.72. The van der Waals surface area contributed by atoms with Gasteiger partial charge in [-0.25, -0.2) is 15.0 Å². The van der Waals surface area contributed by atoms with Crippen molar-refractivity contribution in [3.63, 3.8) is 0 Å². The zero-order chi connectivity index (χ0) is 22.3. The highest BCUT2D eigenvalue weighted by molar-refractivity contribution is 7.13. The molecule has 4 aromatic rings. The van der Waals surface area contributed by atoms with Gasteiger partial charge in [0.2, 0.25) is 11.9 Å². The summed E-state index contributed by atoms with van der Waals surface area (Å²) in [6.07, 6.45) is 4.61. The lowest BCUT2D eigenvalue weighted by Crippen LogP contribution is -2.14. The molecule has 7 nitrogen and oxygen atoms in total. The summed E-state index contributed by atoms with van der Waals surface area (Å²) in [5.74, 6) is 0.575. The molecule has 162 valence electrons. The highest BCUT2D eigenvalue weighted by Gasteiger charge is 2.09. The number of benzene rings is 1. The highest BCUT2D eigenvalue weighted by Crippen LogP contribution is 2.29. The van der Waals surface area contributed by atoms with E-state index in [1.54, 1.807) is 23.7 Å². The fourth-order valence-electron chi connectivity index (χ4n) is 3.27. The molecule has 3 aromatic heterocycles. The van der Waals surface area contributed by atoms with E-state index in [1.807, 2.05) is 61.7 Å². The van der Waals surface area contributed by atoms with Crippen molar-refractivity contribution in [1.29, 1.82) is 0 Å². The molecule has 1 aromatic carbocycles. The first kappa shape index (κ1) is 21.6. The second kappa shape index (κ2) is 10.1. The van der Waals surface area contributed by atoms with Crippen molar-refractivity contribution in [2.45, 2.75) is 26.7 Å². The van der Waals surface area contributed by atoms with Crippen LogP contribution in [0.25, 0.3) is 21.8 Å². The molecule has 1 amide bonds. The zero-order valence-corrected chi connectivity index (χ0v) is 18.8. The van der Waals surface area contributed by atoms with Gasteiger partial charge in [0.1, 0.15) is 5.01 Å². The molecule has 0 unspecified atom stereocenters. The van der Waals surface area contributed by atoms with Gasteiger partial charge in [-0.05, 0) is 50.6 Å². The molecule has 0 aliphatic heterocycles. The van der Waals surface area contributed by atoms with E-state index in [0.29, 0.717) is 25.3 Å². The number of rotatable bonds is 8. The lowest BCUT2D eigenvalue weighted by molar-refractivity contribution is -0.116. The van der Waals surface area contributed by atoms with E-state index in [2.05, 4.69) is 25.6 Å². The summed E-state index contributed by atoms with van der Waals surface area (Å²) < 4.78 is 0. The molecule has 3 heterocycles. The molecule has 0 radical (unpaired) electrons. The van der Waals surface area contributed by atoms with Crippen molar-refractivity contribution in [2.75, 3.05) is 17.2 Å². The van der Waals surface area contributed by atoms with Gasteiger partial charge in [-0.1, -0.05) is 12.1 Å². The van der Waals surface area contributed by atoms with E-state index in [4.69, 9.17) is 4.98 Å². The van der Waals surface area contributed by atoms with Crippen LogP contribution in [0.4, 0.5) is 11.6 Å². The Kier molecular flexibility index (Phi) is 6.81. The molecule has 0 saturated heterocycles. The molecule has 0 spiro atoms. The number of hydrogen-bond acceptors (Lipinski definition) is 7. The van der Waals surface area contributed by atoms with E-state index >= 15 is 0 Å². The Hall–Kier alpha value is -3.65. The average molecular weight is 445 g/mol. The monoisotopic (exact) mass is 444 g/mol. The lowest BCUT2D eigenvalue weighted by Gasteiger charge is -2.08. The molecular formula is C24H24N6OS. The number of nitrogens with one attached hydrogen (secondary N) is 2. The summed E-state index contributed by atoms with van der Waals surface area (Å²) in [5.41, 5.74) is 5.50. The fourth-order valence-corrected chi connectivity index (χ4v) is 4.10. The lowest BCUT2D eigenvalue weighted by atomic mass is 10.1. The Morgan fingerprint density at radius 3 is 2.53 bits per heavy atom. The van der Waals surface area contributed by atoms with Crippen LogP contribution in [0.3, 0.4) is 0 Å². The van der Waals surface area contributed by atoms with Crippen LogP contribution >= 0.6 is 11.3 Å². The first-order valence-electron chi connectivity index (χ1n) is 10.4. The number of carbonyl (C=O) groups excluding carboxylic acids is 1. The van der Waals surface area contributed by atoms with Crippen molar-refractivity contribution in [3.05, 3.63) is 71.6 Å². The molecule has 0 bridgehead atoms. The van der Waals surface area contributed by atoms with Crippen LogP contribution in [0.1, 0.15) is 24.2 Å². The van der Waals surface area contributed by atoms with E-state index in [1.165, 1.54) is 0 Å². The van der Waals surface area contributed by atoms with Crippen LogP contribution < -0.4 is 10.6 Å². The molecule has 2 N–H and O–H groups in total. The number of hydrogen-bond donors (Lipinski definition) is 2. The van der Waals surface area contributed by atoms with Crippen LogP contribution in [-0.4, -0.2) is 32.4 Å². The normalized spacial score (nSPS) is 10.7. The Bertz CT molecular complexity index is 1190. The average Bonchev–Trinajstić information content (AvgIpc) is 3.27. The van der Waals surface area contributed by atoms with Gasteiger partial charge in [0, 0.05) is 58.9 Å². The molecule has 0 fully saturated rings. The summed E-state index contributed by atoms with van der Waals surface area (Å²) in [4.78, 5) is 29.9.